The first-order chi connectivity index (χ1) is 13.4. The van der Waals surface area contributed by atoms with E-state index >= 15 is 0 Å². The fraction of sp³-hybridized carbons (Fsp3) is 0.400. The van der Waals surface area contributed by atoms with Crippen molar-refractivity contribution in [3.05, 3.63) is 53.9 Å². The van der Waals surface area contributed by atoms with Gasteiger partial charge in [0.1, 0.15) is 0 Å². The van der Waals surface area contributed by atoms with E-state index in [1.54, 1.807) is 12.1 Å². The predicted molar refractivity (Wildman–Crippen MR) is 105 cm³/mol. The molecule has 0 spiro atoms. The smallest absolute Gasteiger partial charge is 0.290 e. The van der Waals surface area contributed by atoms with Crippen molar-refractivity contribution in [2.75, 3.05) is 31.6 Å². The van der Waals surface area contributed by atoms with Crippen molar-refractivity contribution < 1.29 is 22.5 Å². The maximum absolute atomic E-state index is 12.6. The van der Waals surface area contributed by atoms with Crippen LogP contribution in [0.2, 0.25) is 0 Å². The summed E-state index contributed by atoms with van der Waals surface area (Å²) in [7, 11) is -3.53. The van der Waals surface area contributed by atoms with Gasteiger partial charge in [0.05, 0.1) is 18.1 Å². The normalized spacial score (nSPS) is 15.4. The molecule has 3 rings (SSSR count). The van der Waals surface area contributed by atoms with E-state index in [1.165, 1.54) is 16.4 Å². The molecule has 0 saturated carbocycles. The van der Waals surface area contributed by atoms with Gasteiger partial charge in [-0.1, -0.05) is 6.92 Å². The van der Waals surface area contributed by atoms with E-state index in [0.717, 1.165) is 17.7 Å². The van der Waals surface area contributed by atoms with Crippen molar-refractivity contribution in [1.29, 1.82) is 0 Å². The molecular formula is C20H26N3O4S+. The molecule has 2 aromatic rings. The van der Waals surface area contributed by atoms with E-state index in [2.05, 4.69) is 18.3 Å². The molecule has 1 aliphatic heterocycles. The van der Waals surface area contributed by atoms with Gasteiger partial charge in [0.15, 0.2) is 11.9 Å². The first kappa shape index (κ1) is 20.4. The van der Waals surface area contributed by atoms with Crippen LogP contribution < -0.4 is 9.88 Å². The molecule has 8 heteroatoms. The topological polar surface area (TPSA) is 79.6 Å². The van der Waals surface area contributed by atoms with Crippen LogP contribution in [0.3, 0.4) is 0 Å². The number of sulfonamides is 1. The molecule has 28 heavy (non-hydrogen) atoms. The Morgan fingerprint density at radius 2 is 1.82 bits per heavy atom. The van der Waals surface area contributed by atoms with Crippen LogP contribution in [0.15, 0.2) is 47.5 Å². The largest absolute Gasteiger partial charge is 0.379 e. The summed E-state index contributed by atoms with van der Waals surface area (Å²) < 4.78 is 33.8. The zero-order valence-electron chi connectivity index (χ0n) is 16.2. The number of aryl methyl sites for hydroxylation is 2. The van der Waals surface area contributed by atoms with E-state index < -0.39 is 10.0 Å². The Morgan fingerprint density at radius 1 is 1.14 bits per heavy atom. The number of anilines is 1. The van der Waals surface area contributed by atoms with Gasteiger partial charge in [-0.25, -0.2) is 8.42 Å². The van der Waals surface area contributed by atoms with Gasteiger partial charge in [0.2, 0.25) is 16.6 Å². The van der Waals surface area contributed by atoms with Gasteiger partial charge < -0.3 is 10.1 Å². The molecule has 1 aromatic heterocycles. The lowest BCUT2D eigenvalue weighted by molar-refractivity contribution is -0.690. The summed E-state index contributed by atoms with van der Waals surface area (Å²) in [5.41, 5.74) is 2.73. The average Bonchev–Trinajstić information content (AvgIpc) is 2.70. The molecule has 150 valence electrons. The van der Waals surface area contributed by atoms with Crippen LogP contribution in [0.1, 0.15) is 18.2 Å². The molecule has 0 radical (unpaired) electrons. The lowest BCUT2D eigenvalue weighted by Crippen LogP contribution is -2.43. The Hall–Kier alpha value is -2.29. The predicted octanol–water partition coefficient (Wildman–Crippen LogP) is 1.50. The summed E-state index contributed by atoms with van der Waals surface area (Å²) >= 11 is 0. The number of hydrogen-bond donors (Lipinski definition) is 1. The van der Waals surface area contributed by atoms with Crippen molar-refractivity contribution in [3.8, 4) is 0 Å². The van der Waals surface area contributed by atoms with E-state index in [9.17, 15) is 13.2 Å². The summed E-state index contributed by atoms with van der Waals surface area (Å²) in [6.07, 6.45) is 2.88. The molecule has 0 unspecified atom stereocenters. The Kier molecular flexibility index (Phi) is 6.43. The minimum absolute atomic E-state index is 0.162. The fourth-order valence-corrected chi connectivity index (χ4v) is 4.46. The van der Waals surface area contributed by atoms with E-state index in [4.69, 9.17) is 4.74 Å². The second kappa shape index (κ2) is 8.81. The van der Waals surface area contributed by atoms with Crippen LogP contribution >= 0.6 is 0 Å². The molecule has 2 heterocycles. The number of morpholine rings is 1. The Morgan fingerprint density at radius 3 is 2.46 bits per heavy atom. The summed E-state index contributed by atoms with van der Waals surface area (Å²) in [5, 5.41) is 2.83. The third-order valence-electron chi connectivity index (χ3n) is 4.78. The SMILES string of the molecule is CCc1ccc(C)[n+](CC(=O)Nc2ccc(S(=O)(=O)N3CCOCC3)cc2)c1. The Balaban J connectivity index is 1.66. The zero-order valence-corrected chi connectivity index (χ0v) is 17.0. The number of amides is 1. The summed E-state index contributed by atoms with van der Waals surface area (Å²) in [6, 6.07) is 10.3. The van der Waals surface area contributed by atoms with Gasteiger partial charge >= 0.3 is 0 Å². The number of rotatable bonds is 6. The molecule has 1 aliphatic rings. The molecule has 0 aliphatic carbocycles. The van der Waals surface area contributed by atoms with Crippen molar-refractivity contribution in [2.24, 2.45) is 0 Å². The third kappa shape index (κ3) is 4.76. The maximum atomic E-state index is 12.6. The summed E-state index contributed by atoms with van der Waals surface area (Å²) in [6.45, 7) is 5.75. The molecule has 1 aromatic carbocycles. The molecule has 7 nitrogen and oxygen atoms in total. The fourth-order valence-electron chi connectivity index (χ4n) is 3.05. The van der Waals surface area contributed by atoms with Gasteiger partial charge in [-0.3, -0.25) is 4.79 Å². The van der Waals surface area contributed by atoms with Gasteiger partial charge in [-0.2, -0.15) is 8.87 Å². The van der Waals surface area contributed by atoms with Crippen molar-refractivity contribution in [3.63, 3.8) is 0 Å². The van der Waals surface area contributed by atoms with Crippen molar-refractivity contribution in [1.82, 2.24) is 4.31 Å². The molecule has 1 saturated heterocycles. The minimum Gasteiger partial charge on any atom is -0.379 e. The highest BCUT2D eigenvalue weighted by molar-refractivity contribution is 7.89. The number of hydrogen-bond acceptors (Lipinski definition) is 4. The quantitative estimate of drug-likeness (QED) is 0.740. The highest BCUT2D eigenvalue weighted by Crippen LogP contribution is 2.19. The Bertz CT molecular complexity index is 936. The average molecular weight is 405 g/mol. The van der Waals surface area contributed by atoms with Crippen LogP contribution in [0.5, 0.6) is 0 Å². The molecule has 1 amide bonds. The lowest BCUT2D eigenvalue weighted by atomic mass is 10.2. The van der Waals surface area contributed by atoms with Gasteiger partial charge in [0.25, 0.3) is 5.91 Å². The molecule has 0 atom stereocenters. The number of carbonyl (C=O) groups excluding carboxylic acids is 1. The van der Waals surface area contributed by atoms with Gasteiger partial charge in [-0.15, -0.1) is 0 Å². The molecule has 1 fully saturated rings. The highest BCUT2D eigenvalue weighted by Gasteiger charge is 2.26. The minimum atomic E-state index is -3.53. The van der Waals surface area contributed by atoms with Crippen LogP contribution in [0.25, 0.3) is 0 Å². The van der Waals surface area contributed by atoms with Crippen LogP contribution in [-0.4, -0.2) is 44.9 Å². The Labute approximate surface area is 166 Å². The monoisotopic (exact) mass is 404 g/mol. The first-order valence-electron chi connectivity index (χ1n) is 9.37. The molecular weight excluding hydrogens is 378 g/mol. The number of nitrogens with one attached hydrogen (secondary N) is 1. The van der Waals surface area contributed by atoms with Crippen LogP contribution in [-0.2, 0) is 32.5 Å². The second-order valence-corrected chi connectivity index (χ2v) is 8.69. The first-order valence-corrected chi connectivity index (χ1v) is 10.8. The summed E-state index contributed by atoms with van der Waals surface area (Å²) in [4.78, 5) is 12.6. The molecule has 0 bridgehead atoms. The van der Waals surface area contributed by atoms with Crippen molar-refractivity contribution in [2.45, 2.75) is 31.7 Å². The van der Waals surface area contributed by atoms with Crippen molar-refractivity contribution >= 4 is 21.6 Å². The van der Waals surface area contributed by atoms with Gasteiger partial charge in [-0.05, 0) is 36.8 Å². The number of benzene rings is 1. The number of nitrogens with zero attached hydrogens (tertiary/aromatic N) is 2. The number of pyridine rings is 1. The van der Waals surface area contributed by atoms with Crippen LogP contribution in [0, 0.1) is 6.92 Å². The standard InChI is InChI=1S/C20H25N3O4S/c1-3-17-5-4-16(2)22(14-17)15-20(24)21-18-6-8-19(9-7-18)28(25,26)23-10-12-27-13-11-23/h4-9,14H,3,10-13,15H2,1-2H3/p+1. The lowest BCUT2D eigenvalue weighted by Gasteiger charge is -2.26. The maximum Gasteiger partial charge on any atom is 0.290 e. The van der Waals surface area contributed by atoms with Gasteiger partial charge in [0, 0.05) is 37.3 Å². The number of aromatic nitrogens is 1. The van der Waals surface area contributed by atoms with Crippen LogP contribution in [0.4, 0.5) is 5.69 Å². The second-order valence-electron chi connectivity index (χ2n) is 6.75. The zero-order chi connectivity index (χ0) is 20.1. The number of ether oxygens (including phenoxy) is 1. The summed E-state index contributed by atoms with van der Waals surface area (Å²) in [5.74, 6) is -0.162. The third-order valence-corrected chi connectivity index (χ3v) is 6.69. The number of carbonyl (C=O) groups is 1. The molecule has 1 N–H and O–H groups in total. The van der Waals surface area contributed by atoms with E-state index in [-0.39, 0.29) is 17.3 Å². The highest BCUT2D eigenvalue weighted by atomic mass is 32.2. The van der Waals surface area contributed by atoms with E-state index in [0.29, 0.717) is 32.0 Å². The van der Waals surface area contributed by atoms with E-state index in [1.807, 2.05) is 23.8 Å².